The van der Waals surface area contributed by atoms with Gasteiger partial charge in [0, 0.05) is 25.4 Å². The third-order valence-electron chi connectivity index (χ3n) is 4.20. The maximum absolute atomic E-state index is 12.9. The first kappa shape index (κ1) is 14.7. The molecule has 1 aliphatic rings. The van der Waals surface area contributed by atoms with E-state index in [0.29, 0.717) is 12.8 Å². The Hall–Kier alpha value is -2.23. The van der Waals surface area contributed by atoms with Gasteiger partial charge >= 0.3 is 0 Å². The second-order valence-electron chi connectivity index (χ2n) is 5.65. The Morgan fingerprint density at radius 1 is 1.18 bits per heavy atom. The third-order valence-corrected chi connectivity index (χ3v) is 4.20. The fraction of sp³-hybridized carbons (Fsp3) is 0.333. The molecule has 2 heterocycles. The highest BCUT2D eigenvalue weighted by Gasteiger charge is 2.29. The summed E-state index contributed by atoms with van der Waals surface area (Å²) in [7, 11) is 0. The van der Waals surface area contributed by atoms with E-state index in [1.807, 2.05) is 17.0 Å². The normalized spacial score (nSPS) is 17.7. The molecule has 1 aliphatic heterocycles. The largest absolute Gasteiger partial charge is 0.336 e. The minimum atomic E-state index is -0.243. The lowest BCUT2D eigenvalue weighted by Gasteiger charge is -2.25. The number of carbonyl (C=O) groups is 1. The lowest BCUT2D eigenvalue weighted by atomic mass is 10.1. The third kappa shape index (κ3) is 3.32. The molecule has 22 heavy (non-hydrogen) atoms. The van der Waals surface area contributed by atoms with Gasteiger partial charge in [-0.05, 0) is 54.7 Å². The lowest BCUT2D eigenvalue weighted by Crippen LogP contribution is -2.30. The standard InChI is InChI=1S/C18H19FN2O/c19-16-6-3-14(4-7-16)5-8-18(22)21-13-1-2-17(21)15-9-11-20-12-10-15/h3-4,6-7,9-12,17H,1-2,5,8,13H2. The molecule has 3 rings (SSSR count). The van der Waals surface area contributed by atoms with E-state index in [9.17, 15) is 9.18 Å². The Morgan fingerprint density at radius 3 is 2.64 bits per heavy atom. The molecule has 1 aromatic carbocycles. The van der Waals surface area contributed by atoms with E-state index >= 15 is 0 Å². The molecule has 0 spiro atoms. The number of pyridine rings is 1. The molecule has 1 aromatic heterocycles. The van der Waals surface area contributed by atoms with Crippen LogP contribution in [0.1, 0.15) is 36.4 Å². The number of carbonyl (C=O) groups excluding carboxylic acids is 1. The van der Waals surface area contributed by atoms with Crippen molar-refractivity contribution in [2.75, 3.05) is 6.54 Å². The zero-order valence-corrected chi connectivity index (χ0v) is 12.4. The number of hydrogen-bond donors (Lipinski definition) is 0. The minimum Gasteiger partial charge on any atom is -0.336 e. The Bertz CT molecular complexity index is 627. The molecule has 0 bridgehead atoms. The second kappa shape index (κ2) is 6.69. The quantitative estimate of drug-likeness (QED) is 0.865. The van der Waals surface area contributed by atoms with Crippen molar-refractivity contribution >= 4 is 5.91 Å². The van der Waals surface area contributed by atoms with Crippen molar-refractivity contribution in [1.82, 2.24) is 9.88 Å². The van der Waals surface area contributed by atoms with Gasteiger partial charge in [-0.25, -0.2) is 4.39 Å². The van der Waals surface area contributed by atoms with E-state index < -0.39 is 0 Å². The predicted octanol–water partition coefficient (Wildman–Crippen LogP) is 3.52. The topological polar surface area (TPSA) is 33.2 Å². The Labute approximate surface area is 129 Å². The van der Waals surface area contributed by atoms with Crippen molar-refractivity contribution in [3.8, 4) is 0 Å². The van der Waals surface area contributed by atoms with Gasteiger partial charge in [-0.1, -0.05) is 12.1 Å². The molecule has 1 unspecified atom stereocenters. The average Bonchev–Trinajstić information content (AvgIpc) is 3.04. The van der Waals surface area contributed by atoms with E-state index in [-0.39, 0.29) is 17.8 Å². The van der Waals surface area contributed by atoms with E-state index in [1.165, 1.54) is 12.1 Å². The van der Waals surface area contributed by atoms with Crippen LogP contribution in [0, 0.1) is 5.82 Å². The summed E-state index contributed by atoms with van der Waals surface area (Å²) in [6.45, 7) is 0.815. The zero-order valence-electron chi connectivity index (χ0n) is 12.4. The maximum Gasteiger partial charge on any atom is 0.223 e. The van der Waals surface area contributed by atoms with Gasteiger partial charge in [-0.2, -0.15) is 0 Å². The van der Waals surface area contributed by atoms with E-state index in [4.69, 9.17) is 0 Å². The van der Waals surface area contributed by atoms with Gasteiger partial charge in [0.05, 0.1) is 6.04 Å². The van der Waals surface area contributed by atoms with E-state index in [1.54, 1.807) is 24.5 Å². The van der Waals surface area contributed by atoms with Crippen molar-refractivity contribution in [3.05, 3.63) is 65.7 Å². The fourth-order valence-corrected chi connectivity index (χ4v) is 3.04. The number of rotatable bonds is 4. The summed E-state index contributed by atoms with van der Waals surface area (Å²) < 4.78 is 12.9. The van der Waals surface area contributed by atoms with Gasteiger partial charge in [-0.15, -0.1) is 0 Å². The SMILES string of the molecule is O=C(CCc1ccc(F)cc1)N1CCCC1c1ccncc1. The Morgan fingerprint density at radius 2 is 1.91 bits per heavy atom. The highest BCUT2D eigenvalue weighted by Crippen LogP contribution is 2.32. The molecule has 0 aliphatic carbocycles. The first-order valence-electron chi connectivity index (χ1n) is 7.68. The van der Waals surface area contributed by atoms with Crippen LogP contribution in [0.5, 0.6) is 0 Å². The monoisotopic (exact) mass is 298 g/mol. The van der Waals surface area contributed by atoms with Gasteiger partial charge in [0.2, 0.25) is 5.91 Å². The summed E-state index contributed by atoms with van der Waals surface area (Å²) in [6, 6.07) is 10.5. The van der Waals surface area contributed by atoms with Crippen molar-refractivity contribution in [2.24, 2.45) is 0 Å². The minimum absolute atomic E-state index is 0.170. The van der Waals surface area contributed by atoms with Crippen molar-refractivity contribution in [3.63, 3.8) is 0 Å². The van der Waals surface area contributed by atoms with Crippen LogP contribution in [-0.4, -0.2) is 22.3 Å². The number of halogens is 1. The first-order chi connectivity index (χ1) is 10.7. The Kier molecular flexibility index (Phi) is 4.47. The number of amides is 1. The van der Waals surface area contributed by atoms with E-state index in [0.717, 1.165) is 30.5 Å². The van der Waals surface area contributed by atoms with Crippen LogP contribution in [0.4, 0.5) is 4.39 Å². The summed E-state index contributed by atoms with van der Waals surface area (Å²) >= 11 is 0. The van der Waals surface area contributed by atoms with Gasteiger partial charge in [-0.3, -0.25) is 9.78 Å². The van der Waals surface area contributed by atoms with Gasteiger partial charge in [0.1, 0.15) is 5.82 Å². The molecule has 1 fully saturated rings. The Balaban J connectivity index is 1.62. The molecule has 0 radical (unpaired) electrons. The number of nitrogens with zero attached hydrogens (tertiary/aromatic N) is 2. The maximum atomic E-state index is 12.9. The lowest BCUT2D eigenvalue weighted by molar-refractivity contribution is -0.132. The summed E-state index contributed by atoms with van der Waals surface area (Å²) in [5.41, 5.74) is 2.15. The van der Waals surface area contributed by atoms with Crippen molar-refractivity contribution < 1.29 is 9.18 Å². The molecule has 2 aromatic rings. The van der Waals surface area contributed by atoms with Gasteiger partial charge in [0.25, 0.3) is 0 Å². The molecular weight excluding hydrogens is 279 g/mol. The van der Waals surface area contributed by atoms with Crippen LogP contribution in [0.25, 0.3) is 0 Å². The van der Waals surface area contributed by atoms with Crippen LogP contribution in [0.2, 0.25) is 0 Å². The summed E-state index contributed by atoms with van der Waals surface area (Å²) in [5.74, 6) is -0.0731. The number of likely N-dealkylation sites (tertiary alicyclic amines) is 1. The molecule has 1 atom stereocenters. The molecule has 1 amide bonds. The van der Waals surface area contributed by atoms with Gasteiger partial charge in [0.15, 0.2) is 0 Å². The molecular formula is C18H19FN2O. The summed E-state index contributed by atoms with van der Waals surface area (Å²) in [6.07, 6.45) is 6.71. The smallest absolute Gasteiger partial charge is 0.223 e. The fourth-order valence-electron chi connectivity index (χ4n) is 3.04. The molecule has 4 heteroatoms. The van der Waals surface area contributed by atoms with Crippen LogP contribution < -0.4 is 0 Å². The zero-order chi connectivity index (χ0) is 15.4. The number of hydrogen-bond acceptors (Lipinski definition) is 2. The average molecular weight is 298 g/mol. The predicted molar refractivity (Wildman–Crippen MR) is 82.6 cm³/mol. The molecule has 114 valence electrons. The first-order valence-corrected chi connectivity index (χ1v) is 7.68. The van der Waals surface area contributed by atoms with Crippen molar-refractivity contribution in [2.45, 2.75) is 31.7 Å². The summed E-state index contributed by atoms with van der Waals surface area (Å²) in [5, 5.41) is 0. The van der Waals surface area contributed by atoms with E-state index in [2.05, 4.69) is 4.98 Å². The van der Waals surface area contributed by atoms with Crippen LogP contribution in [0.15, 0.2) is 48.8 Å². The number of benzene rings is 1. The molecule has 1 saturated heterocycles. The number of aryl methyl sites for hydroxylation is 1. The van der Waals surface area contributed by atoms with Crippen LogP contribution >= 0.6 is 0 Å². The highest BCUT2D eigenvalue weighted by atomic mass is 19.1. The van der Waals surface area contributed by atoms with Gasteiger partial charge < -0.3 is 4.90 Å². The van der Waals surface area contributed by atoms with Crippen LogP contribution in [0.3, 0.4) is 0 Å². The van der Waals surface area contributed by atoms with Crippen molar-refractivity contribution in [1.29, 1.82) is 0 Å². The molecule has 0 saturated carbocycles. The number of aromatic nitrogens is 1. The molecule has 3 nitrogen and oxygen atoms in total. The summed E-state index contributed by atoms with van der Waals surface area (Å²) in [4.78, 5) is 18.5. The molecule has 0 N–H and O–H groups in total. The highest BCUT2D eigenvalue weighted by molar-refractivity contribution is 5.77. The van der Waals surface area contributed by atoms with Crippen LogP contribution in [-0.2, 0) is 11.2 Å². The second-order valence-corrected chi connectivity index (χ2v) is 5.65.